The van der Waals surface area contributed by atoms with Crippen LogP contribution in [0.1, 0.15) is 25.8 Å². The zero-order valence-electron chi connectivity index (χ0n) is 16.4. The predicted octanol–water partition coefficient (Wildman–Crippen LogP) is 5.06. The summed E-state index contributed by atoms with van der Waals surface area (Å²) in [6, 6.07) is 11.3. The third-order valence-electron chi connectivity index (χ3n) is 4.28. The molecule has 152 valence electrons. The number of carbonyl (C=O) groups excluding carboxylic acids is 1. The second-order valence-electron chi connectivity index (χ2n) is 6.71. The van der Waals surface area contributed by atoms with E-state index in [9.17, 15) is 13.6 Å². The number of halogens is 2. The minimum absolute atomic E-state index is 0.205. The molecule has 1 aromatic heterocycles. The molecule has 5 nitrogen and oxygen atoms in total. The van der Waals surface area contributed by atoms with Crippen LogP contribution in [0, 0.1) is 18.6 Å². The molecule has 8 heteroatoms. The molecule has 3 aromatic rings. The number of hydrogen-bond donors (Lipinski definition) is 1. The maximum Gasteiger partial charge on any atom is 0.237 e. The number of nitrogens with zero attached hydrogens (tertiary/aromatic N) is 3. The van der Waals surface area contributed by atoms with Gasteiger partial charge in [-0.05, 0) is 38.5 Å². The Balaban J connectivity index is 1.78. The van der Waals surface area contributed by atoms with Crippen LogP contribution in [0.5, 0.6) is 0 Å². The Labute approximate surface area is 172 Å². The average molecular weight is 416 g/mol. The summed E-state index contributed by atoms with van der Waals surface area (Å²) in [5, 5.41) is 11.3. The molecule has 1 atom stereocenters. The highest BCUT2D eigenvalue weighted by Crippen LogP contribution is 2.28. The van der Waals surface area contributed by atoms with Gasteiger partial charge in [-0.3, -0.25) is 4.79 Å². The van der Waals surface area contributed by atoms with E-state index >= 15 is 0 Å². The maximum absolute atomic E-state index is 13.4. The van der Waals surface area contributed by atoms with Crippen LogP contribution in [0.3, 0.4) is 0 Å². The topological polar surface area (TPSA) is 59.8 Å². The molecule has 1 amide bonds. The van der Waals surface area contributed by atoms with Gasteiger partial charge in [0, 0.05) is 23.9 Å². The van der Waals surface area contributed by atoms with Crippen LogP contribution in [0.2, 0.25) is 0 Å². The summed E-state index contributed by atoms with van der Waals surface area (Å²) in [4.78, 5) is 12.5. The Bertz CT molecular complexity index is 1020. The van der Waals surface area contributed by atoms with Crippen molar-refractivity contribution >= 4 is 23.4 Å². The van der Waals surface area contributed by atoms with Gasteiger partial charge in [0.15, 0.2) is 22.6 Å². The fourth-order valence-electron chi connectivity index (χ4n) is 2.83. The Kier molecular flexibility index (Phi) is 6.64. The van der Waals surface area contributed by atoms with E-state index in [2.05, 4.69) is 22.4 Å². The quantitative estimate of drug-likeness (QED) is 0.547. The van der Waals surface area contributed by atoms with Crippen LogP contribution in [-0.4, -0.2) is 25.9 Å². The molecular formula is C21H22F2N4OS. The van der Waals surface area contributed by atoms with E-state index in [1.807, 2.05) is 35.8 Å². The van der Waals surface area contributed by atoms with E-state index in [0.717, 1.165) is 42.0 Å². The van der Waals surface area contributed by atoms with E-state index in [1.165, 1.54) is 17.8 Å². The highest BCUT2D eigenvalue weighted by molar-refractivity contribution is 8.00. The lowest BCUT2D eigenvalue weighted by atomic mass is 10.1. The molecule has 0 saturated carbocycles. The molecular weight excluding hydrogens is 394 g/mol. The van der Waals surface area contributed by atoms with Crippen molar-refractivity contribution in [2.45, 2.75) is 44.1 Å². The minimum atomic E-state index is -1.01. The second kappa shape index (κ2) is 9.17. The zero-order chi connectivity index (χ0) is 21.0. The third-order valence-corrected chi connectivity index (χ3v) is 5.36. The normalized spacial score (nSPS) is 12.0. The SMILES string of the molecule is CCCn1c(S[C@@H](C)C(=O)Nc2ccc(F)c(F)c2)nnc1-c1cccc(C)c1. The maximum atomic E-state index is 13.4. The molecule has 0 bridgehead atoms. The molecule has 29 heavy (non-hydrogen) atoms. The molecule has 0 aliphatic heterocycles. The van der Waals surface area contributed by atoms with E-state index in [4.69, 9.17) is 0 Å². The van der Waals surface area contributed by atoms with Gasteiger partial charge in [0.1, 0.15) is 0 Å². The van der Waals surface area contributed by atoms with Crippen LogP contribution in [-0.2, 0) is 11.3 Å². The average Bonchev–Trinajstić information content (AvgIpc) is 3.07. The zero-order valence-corrected chi connectivity index (χ0v) is 17.3. The van der Waals surface area contributed by atoms with Gasteiger partial charge in [-0.2, -0.15) is 0 Å². The molecule has 0 fully saturated rings. The van der Waals surface area contributed by atoms with Gasteiger partial charge in [0.2, 0.25) is 5.91 Å². The number of nitrogens with one attached hydrogen (secondary N) is 1. The molecule has 2 aromatic carbocycles. The van der Waals surface area contributed by atoms with Gasteiger partial charge < -0.3 is 9.88 Å². The van der Waals surface area contributed by atoms with Gasteiger partial charge in [-0.1, -0.05) is 42.4 Å². The summed E-state index contributed by atoms with van der Waals surface area (Å²) in [6.07, 6.45) is 0.889. The molecule has 0 radical (unpaired) electrons. The Morgan fingerprint density at radius 3 is 2.66 bits per heavy atom. The minimum Gasteiger partial charge on any atom is -0.325 e. The smallest absolute Gasteiger partial charge is 0.237 e. The first kappa shape index (κ1) is 21.0. The van der Waals surface area contributed by atoms with Crippen LogP contribution in [0.4, 0.5) is 14.5 Å². The second-order valence-corrected chi connectivity index (χ2v) is 8.01. The first-order chi connectivity index (χ1) is 13.9. The number of aromatic nitrogens is 3. The van der Waals surface area contributed by atoms with Crippen molar-refractivity contribution in [3.05, 3.63) is 59.7 Å². The number of carbonyl (C=O) groups is 1. The largest absolute Gasteiger partial charge is 0.325 e. The van der Waals surface area contributed by atoms with Crippen molar-refractivity contribution in [2.75, 3.05) is 5.32 Å². The summed E-state index contributed by atoms with van der Waals surface area (Å²) in [5.74, 6) is -1.54. The number of aryl methyl sites for hydroxylation is 1. The summed E-state index contributed by atoms with van der Waals surface area (Å²) in [6.45, 7) is 6.53. The first-order valence-electron chi connectivity index (χ1n) is 9.32. The van der Waals surface area contributed by atoms with Crippen molar-refractivity contribution in [3.63, 3.8) is 0 Å². The van der Waals surface area contributed by atoms with Crippen LogP contribution < -0.4 is 5.32 Å². The molecule has 0 saturated heterocycles. The Morgan fingerprint density at radius 2 is 1.97 bits per heavy atom. The van der Waals surface area contributed by atoms with E-state index in [0.29, 0.717) is 5.16 Å². The lowest BCUT2D eigenvalue weighted by Gasteiger charge is -2.13. The number of anilines is 1. The summed E-state index contributed by atoms with van der Waals surface area (Å²) >= 11 is 1.27. The van der Waals surface area contributed by atoms with E-state index < -0.39 is 16.9 Å². The monoisotopic (exact) mass is 416 g/mol. The number of hydrogen-bond acceptors (Lipinski definition) is 4. The molecule has 0 spiro atoms. The predicted molar refractivity (Wildman–Crippen MR) is 111 cm³/mol. The number of benzene rings is 2. The van der Waals surface area contributed by atoms with Crippen LogP contribution in [0.15, 0.2) is 47.6 Å². The number of rotatable bonds is 7. The summed E-state index contributed by atoms with van der Waals surface area (Å²) < 4.78 is 28.4. The van der Waals surface area contributed by atoms with Gasteiger partial charge >= 0.3 is 0 Å². The highest BCUT2D eigenvalue weighted by Gasteiger charge is 2.21. The lowest BCUT2D eigenvalue weighted by Crippen LogP contribution is -2.23. The Morgan fingerprint density at radius 1 is 1.17 bits per heavy atom. The lowest BCUT2D eigenvalue weighted by molar-refractivity contribution is -0.115. The molecule has 0 aliphatic rings. The third kappa shape index (κ3) is 5.00. The fourth-order valence-corrected chi connectivity index (χ4v) is 3.70. The van der Waals surface area contributed by atoms with Crippen molar-refractivity contribution in [1.82, 2.24) is 14.8 Å². The molecule has 1 heterocycles. The van der Waals surface area contributed by atoms with Crippen molar-refractivity contribution in [1.29, 1.82) is 0 Å². The standard InChI is InChI=1S/C21H22F2N4OS/c1-4-10-27-19(15-7-5-6-13(2)11-15)25-26-21(27)29-14(3)20(28)24-16-8-9-17(22)18(23)12-16/h5-9,11-12,14H,4,10H2,1-3H3,(H,24,28)/t14-/m0/s1. The van der Waals surface area contributed by atoms with Crippen molar-refractivity contribution < 1.29 is 13.6 Å². The van der Waals surface area contributed by atoms with E-state index in [-0.39, 0.29) is 11.6 Å². The van der Waals surface area contributed by atoms with Gasteiger partial charge in [0.25, 0.3) is 0 Å². The van der Waals surface area contributed by atoms with Crippen LogP contribution in [0.25, 0.3) is 11.4 Å². The fraction of sp³-hybridized carbons (Fsp3) is 0.286. The Hall–Kier alpha value is -2.74. The van der Waals surface area contributed by atoms with Crippen LogP contribution >= 0.6 is 11.8 Å². The van der Waals surface area contributed by atoms with Gasteiger partial charge in [0.05, 0.1) is 5.25 Å². The first-order valence-corrected chi connectivity index (χ1v) is 10.2. The van der Waals surface area contributed by atoms with Crippen molar-refractivity contribution in [3.8, 4) is 11.4 Å². The molecule has 3 rings (SSSR count). The van der Waals surface area contributed by atoms with Gasteiger partial charge in [-0.25, -0.2) is 8.78 Å². The highest BCUT2D eigenvalue weighted by atomic mass is 32.2. The summed E-state index contributed by atoms with van der Waals surface area (Å²) in [5.41, 5.74) is 2.30. The number of amides is 1. The van der Waals surface area contributed by atoms with Crippen molar-refractivity contribution in [2.24, 2.45) is 0 Å². The molecule has 0 aliphatic carbocycles. The molecule has 1 N–H and O–H groups in total. The van der Waals surface area contributed by atoms with E-state index in [1.54, 1.807) is 6.92 Å². The van der Waals surface area contributed by atoms with Gasteiger partial charge in [-0.15, -0.1) is 10.2 Å². The summed E-state index contributed by atoms with van der Waals surface area (Å²) in [7, 11) is 0. The molecule has 0 unspecified atom stereocenters. The number of thioether (sulfide) groups is 1.